The van der Waals surface area contributed by atoms with E-state index < -0.39 is 0 Å². The molecule has 0 saturated heterocycles. The van der Waals surface area contributed by atoms with E-state index >= 15 is 0 Å². The number of phenols is 1. The molecule has 2 rings (SSSR count). The first-order valence-corrected chi connectivity index (χ1v) is 7.98. The van der Waals surface area contributed by atoms with Gasteiger partial charge in [-0.2, -0.15) is 10.5 Å². The van der Waals surface area contributed by atoms with Gasteiger partial charge in [0, 0.05) is 0 Å². The molecule has 0 aromatic heterocycles. The first-order valence-electron chi connectivity index (χ1n) is 7.98. The van der Waals surface area contributed by atoms with Gasteiger partial charge in [-0.1, -0.05) is 32.1 Å². The van der Waals surface area contributed by atoms with Crippen molar-refractivity contribution >= 4 is 6.08 Å². The van der Waals surface area contributed by atoms with E-state index in [-0.39, 0.29) is 11.0 Å². The highest BCUT2D eigenvalue weighted by molar-refractivity contribution is 5.59. The summed E-state index contributed by atoms with van der Waals surface area (Å²) in [7, 11) is 0. The van der Waals surface area contributed by atoms with Gasteiger partial charge >= 0.3 is 0 Å². The Labute approximate surface area is 143 Å². The quantitative estimate of drug-likeness (QED) is 0.770. The Balaban J connectivity index is 2.39. The van der Waals surface area contributed by atoms with Crippen molar-refractivity contribution in [1.29, 1.82) is 10.5 Å². The van der Waals surface area contributed by atoms with Gasteiger partial charge in [-0.25, -0.2) is 0 Å². The summed E-state index contributed by atoms with van der Waals surface area (Å²) in [6, 6.07) is 7.88. The summed E-state index contributed by atoms with van der Waals surface area (Å²) in [5, 5.41) is 28.1. The lowest BCUT2D eigenvalue weighted by atomic mass is 9.74. The molecule has 1 aliphatic carbocycles. The Morgan fingerprint density at radius 3 is 2.21 bits per heavy atom. The molecule has 0 unspecified atom stereocenters. The van der Waals surface area contributed by atoms with Crippen LogP contribution in [0.1, 0.15) is 43.4 Å². The number of hydrogen-bond acceptors (Lipinski definition) is 3. The molecule has 1 N–H and O–H groups in total. The number of benzene rings is 1. The summed E-state index contributed by atoms with van der Waals surface area (Å²) < 4.78 is 0. The molecule has 122 valence electrons. The maximum atomic E-state index is 9.86. The van der Waals surface area contributed by atoms with Gasteiger partial charge in [0.25, 0.3) is 0 Å². The van der Waals surface area contributed by atoms with Gasteiger partial charge in [0.1, 0.15) is 23.5 Å². The minimum Gasteiger partial charge on any atom is -0.507 e. The van der Waals surface area contributed by atoms with E-state index in [9.17, 15) is 5.11 Å². The van der Waals surface area contributed by atoms with Gasteiger partial charge in [0.15, 0.2) is 0 Å². The molecule has 3 heteroatoms. The normalized spacial score (nSPS) is 16.4. The van der Waals surface area contributed by atoms with E-state index in [0.29, 0.717) is 5.75 Å². The van der Waals surface area contributed by atoms with Crippen LogP contribution in [0.15, 0.2) is 41.0 Å². The number of hydrogen-bond donors (Lipinski definition) is 1. The van der Waals surface area contributed by atoms with Crippen LogP contribution in [-0.4, -0.2) is 5.11 Å². The van der Waals surface area contributed by atoms with Crippen LogP contribution >= 0.6 is 0 Å². The van der Waals surface area contributed by atoms with E-state index in [2.05, 4.69) is 13.8 Å². The number of rotatable bonds is 2. The molecular formula is C21H22N2O. The van der Waals surface area contributed by atoms with Crippen LogP contribution in [0.25, 0.3) is 6.08 Å². The highest BCUT2D eigenvalue weighted by Gasteiger charge is 2.26. The maximum Gasteiger partial charge on any atom is 0.132 e. The van der Waals surface area contributed by atoms with Crippen molar-refractivity contribution in [3.8, 4) is 17.9 Å². The fourth-order valence-electron chi connectivity index (χ4n) is 3.18. The summed E-state index contributed by atoms with van der Waals surface area (Å²) in [4.78, 5) is 0. The predicted molar refractivity (Wildman–Crippen MR) is 96.0 cm³/mol. The highest BCUT2D eigenvalue weighted by Crippen LogP contribution is 2.39. The number of aromatic hydroxyl groups is 1. The molecule has 0 fully saturated rings. The average Bonchev–Trinajstić information content (AvgIpc) is 2.50. The van der Waals surface area contributed by atoms with Gasteiger partial charge in [-0.15, -0.1) is 0 Å². The van der Waals surface area contributed by atoms with Crippen LogP contribution in [0.5, 0.6) is 5.75 Å². The molecule has 24 heavy (non-hydrogen) atoms. The third-order valence-corrected chi connectivity index (χ3v) is 4.26. The molecule has 0 amide bonds. The molecule has 0 atom stereocenters. The monoisotopic (exact) mass is 318 g/mol. The van der Waals surface area contributed by atoms with Crippen molar-refractivity contribution in [2.24, 2.45) is 5.41 Å². The van der Waals surface area contributed by atoms with Gasteiger partial charge in [0.2, 0.25) is 0 Å². The third kappa shape index (κ3) is 3.94. The molecule has 0 heterocycles. The summed E-state index contributed by atoms with van der Waals surface area (Å²) in [5.74, 6) is 0.336. The molecule has 0 bridgehead atoms. The number of nitriles is 2. The zero-order valence-electron chi connectivity index (χ0n) is 14.6. The minimum absolute atomic E-state index is 0.0174. The molecule has 0 aliphatic heterocycles. The fourth-order valence-corrected chi connectivity index (χ4v) is 3.18. The number of nitrogens with zero attached hydrogens (tertiary/aromatic N) is 2. The molecule has 1 aromatic carbocycles. The van der Waals surface area contributed by atoms with Crippen LogP contribution in [-0.2, 0) is 0 Å². The van der Waals surface area contributed by atoms with Crippen LogP contribution in [0, 0.1) is 41.9 Å². The largest absolute Gasteiger partial charge is 0.507 e. The van der Waals surface area contributed by atoms with E-state index in [4.69, 9.17) is 10.5 Å². The summed E-state index contributed by atoms with van der Waals surface area (Å²) in [5.41, 5.74) is 4.86. The van der Waals surface area contributed by atoms with Crippen molar-refractivity contribution in [3.63, 3.8) is 0 Å². The zero-order chi connectivity index (χ0) is 17.9. The van der Waals surface area contributed by atoms with Gasteiger partial charge in [-0.3, -0.25) is 0 Å². The Hall–Kier alpha value is -2.78. The van der Waals surface area contributed by atoms with E-state index in [1.807, 2.05) is 56.3 Å². The van der Waals surface area contributed by atoms with E-state index in [0.717, 1.165) is 40.7 Å². The second-order valence-electron chi connectivity index (χ2n) is 7.20. The van der Waals surface area contributed by atoms with Crippen LogP contribution in [0.4, 0.5) is 0 Å². The Bertz CT molecular complexity index is 801. The molecular weight excluding hydrogens is 296 g/mol. The summed E-state index contributed by atoms with van der Waals surface area (Å²) in [6.45, 7) is 8.06. The second kappa shape index (κ2) is 6.77. The maximum absolute atomic E-state index is 9.86. The van der Waals surface area contributed by atoms with Crippen molar-refractivity contribution in [1.82, 2.24) is 0 Å². The lowest BCUT2D eigenvalue weighted by Crippen LogP contribution is -2.17. The van der Waals surface area contributed by atoms with Crippen molar-refractivity contribution in [3.05, 3.63) is 57.7 Å². The zero-order valence-corrected chi connectivity index (χ0v) is 14.6. The first-order chi connectivity index (χ1) is 11.3. The fraction of sp³-hybridized carbons (Fsp3) is 0.333. The second-order valence-corrected chi connectivity index (χ2v) is 7.20. The Morgan fingerprint density at radius 1 is 1.08 bits per heavy atom. The minimum atomic E-state index is 0.0174. The summed E-state index contributed by atoms with van der Waals surface area (Å²) in [6.07, 6.45) is 7.65. The SMILES string of the molecule is Cc1cc(/C=C/C2=CC(=C(C#N)C#N)CC(C)(C)C2)cc(C)c1O. The van der Waals surface area contributed by atoms with E-state index in [1.165, 1.54) is 0 Å². The lowest BCUT2D eigenvalue weighted by Gasteiger charge is -2.30. The van der Waals surface area contributed by atoms with Crippen molar-refractivity contribution in [2.45, 2.75) is 40.5 Å². The molecule has 1 aliphatic rings. The van der Waals surface area contributed by atoms with Crippen molar-refractivity contribution < 1.29 is 5.11 Å². The van der Waals surface area contributed by atoms with Crippen LogP contribution in [0.3, 0.4) is 0 Å². The molecule has 1 aromatic rings. The van der Waals surface area contributed by atoms with Gasteiger partial charge in [-0.05, 0) is 72.1 Å². The van der Waals surface area contributed by atoms with Gasteiger partial charge in [0.05, 0.1) is 0 Å². The highest BCUT2D eigenvalue weighted by atomic mass is 16.3. The topological polar surface area (TPSA) is 67.8 Å². The number of allylic oxidation sites excluding steroid dienone is 5. The smallest absolute Gasteiger partial charge is 0.132 e. The molecule has 0 radical (unpaired) electrons. The average molecular weight is 318 g/mol. The first kappa shape index (κ1) is 17.6. The predicted octanol–water partition coefficient (Wildman–Crippen LogP) is 5.11. The Morgan fingerprint density at radius 2 is 1.67 bits per heavy atom. The number of aryl methyl sites for hydroxylation is 2. The van der Waals surface area contributed by atoms with E-state index in [1.54, 1.807) is 0 Å². The molecule has 0 spiro atoms. The van der Waals surface area contributed by atoms with Crippen LogP contribution in [0.2, 0.25) is 0 Å². The lowest BCUT2D eigenvalue weighted by molar-refractivity contribution is 0.354. The standard InChI is InChI=1S/C21H22N2O/c1-14-7-16(8-15(2)20(14)24)5-6-17-9-18(19(12-22)13-23)11-21(3,4)10-17/h5-9,24H,10-11H2,1-4H3/b6-5+. The van der Waals surface area contributed by atoms with Crippen molar-refractivity contribution in [2.75, 3.05) is 0 Å². The van der Waals surface area contributed by atoms with Crippen LogP contribution < -0.4 is 0 Å². The molecule has 3 nitrogen and oxygen atoms in total. The molecule has 0 saturated carbocycles. The van der Waals surface area contributed by atoms with Gasteiger partial charge < -0.3 is 5.11 Å². The summed E-state index contributed by atoms with van der Waals surface area (Å²) >= 11 is 0. The number of phenolic OH excluding ortho intramolecular Hbond substituents is 1. The Kier molecular flexibility index (Phi) is 4.96. The third-order valence-electron chi connectivity index (χ3n) is 4.26.